The van der Waals surface area contributed by atoms with Crippen molar-refractivity contribution >= 4 is 6.03 Å². The van der Waals surface area contributed by atoms with Crippen LogP contribution in [0.25, 0.3) is 0 Å². The molecule has 0 bridgehead atoms. The second kappa shape index (κ2) is 10.8. The number of hydrogen-bond acceptors (Lipinski definition) is 5. The minimum Gasteiger partial charge on any atom is -0.497 e. The molecule has 0 unspecified atom stereocenters. The number of rotatable bonds is 9. The Morgan fingerprint density at radius 3 is 2.36 bits per heavy atom. The first kappa shape index (κ1) is 19.3. The van der Waals surface area contributed by atoms with E-state index in [1.54, 1.807) is 14.2 Å². The lowest BCUT2D eigenvalue weighted by atomic mass is 10.3. The van der Waals surface area contributed by atoms with E-state index in [1.165, 1.54) is 0 Å². The van der Waals surface area contributed by atoms with E-state index in [0.717, 1.165) is 50.6 Å². The molecule has 0 saturated carbocycles. The fourth-order valence-electron chi connectivity index (χ4n) is 2.66. The van der Waals surface area contributed by atoms with Gasteiger partial charge in [-0.3, -0.25) is 4.90 Å². The minimum absolute atomic E-state index is 0.0187. The number of nitrogens with one attached hydrogen (secondary N) is 1. The quantitative estimate of drug-likeness (QED) is 0.682. The number of carbonyl (C=O) groups is 1. The van der Waals surface area contributed by atoms with E-state index in [9.17, 15) is 4.79 Å². The van der Waals surface area contributed by atoms with Crippen LogP contribution in [0.3, 0.4) is 0 Å². The summed E-state index contributed by atoms with van der Waals surface area (Å²) in [5.41, 5.74) is 0. The van der Waals surface area contributed by atoms with Crippen LogP contribution in [-0.4, -0.2) is 82.5 Å². The molecule has 1 aromatic rings. The topological polar surface area (TPSA) is 63.3 Å². The van der Waals surface area contributed by atoms with Gasteiger partial charge < -0.3 is 24.4 Å². The van der Waals surface area contributed by atoms with Crippen molar-refractivity contribution in [2.45, 2.75) is 6.42 Å². The maximum atomic E-state index is 12.0. The van der Waals surface area contributed by atoms with Gasteiger partial charge in [0.15, 0.2) is 0 Å². The number of methoxy groups -OCH3 is 2. The van der Waals surface area contributed by atoms with Crippen LogP contribution in [0, 0.1) is 0 Å². The summed E-state index contributed by atoms with van der Waals surface area (Å²) in [7, 11) is 3.31. The van der Waals surface area contributed by atoms with Crippen molar-refractivity contribution in [3.63, 3.8) is 0 Å². The molecule has 1 fully saturated rings. The van der Waals surface area contributed by atoms with Gasteiger partial charge in [0.25, 0.3) is 0 Å². The van der Waals surface area contributed by atoms with Gasteiger partial charge in [-0.25, -0.2) is 4.79 Å². The average molecular weight is 351 g/mol. The van der Waals surface area contributed by atoms with Crippen molar-refractivity contribution in [1.29, 1.82) is 0 Å². The van der Waals surface area contributed by atoms with Gasteiger partial charge in [-0.1, -0.05) is 0 Å². The Bertz CT molecular complexity index is 502. The molecule has 0 aliphatic carbocycles. The highest BCUT2D eigenvalue weighted by Crippen LogP contribution is 2.16. The second-order valence-corrected chi connectivity index (χ2v) is 5.93. The van der Waals surface area contributed by atoms with Crippen LogP contribution in [0.1, 0.15) is 6.42 Å². The van der Waals surface area contributed by atoms with E-state index >= 15 is 0 Å². The van der Waals surface area contributed by atoms with Crippen LogP contribution in [0.2, 0.25) is 0 Å². The summed E-state index contributed by atoms with van der Waals surface area (Å²) in [6.45, 7) is 6.06. The van der Waals surface area contributed by atoms with Crippen LogP contribution in [0.4, 0.5) is 4.79 Å². The summed E-state index contributed by atoms with van der Waals surface area (Å²) in [6, 6.07) is 7.61. The average Bonchev–Trinajstić information content (AvgIpc) is 2.66. The van der Waals surface area contributed by atoms with E-state index in [-0.39, 0.29) is 6.03 Å². The van der Waals surface area contributed by atoms with Gasteiger partial charge in [-0.2, -0.15) is 0 Å². The Hall–Kier alpha value is -1.99. The SMILES string of the molecule is COCCCNC(=O)N1CCN(CCOc2ccc(OC)cc2)CC1. The van der Waals surface area contributed by atoms with E-state index in [0.29, 0.717) is 19.8 Å². The van der Waals surface area contributed by atoms with Gasteiger partial charge in [0.1, 0.15) is 18.1 Å². The summed E-state index contributed by atoms with van der Waals surface area (Å²) >= 11 is 0. The zero-order valence-electron chi connectivity index (χ0n) is 15.2. The molecule has 7 nitrogen and oxygen atoms in total. The van der Waals surface area contributed by atoms with Crippen LogP contribution in [0.5, 0.6) is 11.5 Å². The van der Waals surface area contributed by atoms with Gasteiger partial charge in [0.05, 0.1) is 7.11 Å². The molecule has 1 heterocycles. The smallest absolute Gasteiger partial charge is 0.317 e. The van der Waals surface area contributed by atoms with E-state index in [4.69, 9.17) is 14.2 Å². The van der Waals surface area contributed by atoms with Crippen molar-refractivity contribution in [3.8, 4) is 11.5 Å². The van der Waals surface area contributed by atoms with Crippen molar-refractivity contribution in [1.82, 2.24) is 15.1 Å². The minimum atomic E-state index is 0.0187. The molecule has 140 valence electrons. The molecule has 25 heavy (non-hydrogen) atoms. The molecule has 2 rings (SSSR count). The van der Waals surface area contributed by atoms with Gasteiger partial charge in [0.2, 0.25) is 0 Å². The summed E-state index contributed by atoms with van der Waals surface area (Å²) < 4.78 is 15.9. The maximum Gasteiger partial charge on any atom is 0.317 e. The first-order valence-electron chi connectivity index (χ1n) is 8.74. The molecule has 2 amide bonds. The lowest BCUT2D eigenvalue weighted by Gasteiger charge is -2.34. The summed E-state index contributed by atoms with van der Waals surface area (Å²) in [5.74, 6) is 1.67. The van der Waals surface area contributed by atoms with Gasteiger partial charge in [-0.15, -0.1) is 0 Å². The Labute approximate surface area is 149 Å². The summed E-state index contributed by atoms with van der Waals surface area (Å²) in [5, 5.41) is 2.93. The highest BCUT2D eigenvalue weighted by Gasteiger charge is 2.20. The number of urea groups is 1. The standard InChI is InChI=1S/C18H29N3O4/c1-23-14-3-8-19-18(22)21-11-9-20(10-12-21)13-15-25-17-6-4-16(24-2)5-7-17/h4-7H,3,8-15H2,1-2H3,(H,19,22). The Morgan fingerprint density at radius 1 is 1.04 bits per heavy atom. The molecule has 1 aliphatic rings. The molecular formula is C18H29N3O4. The van der Waals surface area contributed by atoms with Crippen molar-refractivity contribution in [2.75, 3.05) is 66.7 Å². The lowest BCUT2D eigenvalue weighted by molar-refractivity contribution is 0.125. The molecule has 0 aromatic heterocycles. The van der Waals surface area contributed by atoms with Gasteiger partial charge >= 0.3 is 6.03 Å². The van der Waals surface area contributed by atoms with Crippen LogP contribution in [-0.2, 0) is 4.74 Å². The maximum absolute atomic E-state index is 12.0. The van der Waals surface area contributed by atoms with Crippen LogP contribution >= 0.6 is 0 Å². The highest BCUT2D eigenvalue weighted by molar-refractivity contribution is 5.74. The normalized spacial score (nSPS) is 15.0. The zero-order valence-corrected chi connectivity index (χ0v) is 15.2. The molecule has 1 N–H and O–H groups in total. The molecule has 1 saturated heterocycles. The number of nitrogens with zero attached hydrogens (tertiary/aromatic N) is 2. The number of benzene rings is 1. The number of carbonyl (C=O) groups excluding carboxylic acids is 1. The molecule has 0 spiro atoms. The Kier molecular flexibility index (Phi) is 8.34. The monoisotopic (exact) mass is 351 g/mol. The Morgan fingerprint density at radius 2 is 1.72 bits per heavy atom. The third-order valence-corrected chi connectivity index (χ3v) is 4.20. The highest BCUT2D eigenvalue weighted by atomic mass is 16.5. The number of ether oxygens (including phenoxy) is 3. The first-order chi connectivity index (χ1) is 12.2. The number of hydrogen-bond donors (Lipinski definition) is 1. The molecule has 0 radical (unpaired) electrons. The Balaban J connectivity index is 1.59. The second-order valence-electron chi connectivity index (χ2n) is 5.93. The van der Waals surface area contributed by atoms with Crippen LogP contribution < -0.4 is 14.8 Å². The third kappa shape index (κ3) is 6.80. The van der Waals surface area contributed by atoms with Crippen molar-refractivity contribution < 1.29 is 19.0 Å². The third-order valence-electron chi connectivity index (χ3n) is 4.20. The predicted molar refractivity (Wildman–Crippen MR) is 96.4 cm³/mol. The van der Waals surface area contributed by atoms with E-state index in [1.807, 2.05) is 29.2 Å². The molecule has 1 aromatic carbocycles. The van der Waals surface area contributed by atoms with Gasteiger partial charge in [0, 0.05) is 53.0 Å². The van der Waals surface area contributed by atoms with Crippen molar-refractivity contribution in [2.24, 2.45) is 0 Å². The fraction of sp³-hybridized carbons (Fsp3) is 0.611. The van der Waals surface area contributed by atoms with Crippen molar-refractivity contribution in [3.05, 3.63) is 24.3 Å². The largest absolute Gasteiger partial charge is 0.497 e. The lowest BCUT2D eigenvalue weighted by Crippen LogP contribution is -2.52. The molecule has 7 heteroatoms. The molecular weight excluding hydrogens is 322 g/mol. The summed E-state index contributed by atoms with van der Waals surface area (Å²) in [4.78, 5) is 16.2. The number of amides is 2. The van der Waals surface area contributed by atoms with Crippen LogP contribution in [0.15, 0.2) is 24.3 Å². The van der Waals surface area contributed by atoms with Gasteiger partial charge in [-0.05, 0) is 30.7 Å². The van der Waals surface area contributed by atoms with E-state index < -0.39 is 0 Å². The summed E-state index contributed by atoms with van der Waals surface area (Å²) in [6.07, 6.45) is 0.838. The first-order valence-corrected chi connectivity index (χ1v) is 8.74. The molecule has 1 aliphatic heterocycles. The predicted octanol–water partition coefficient (Wildman–Crippen LogP) is 1.44. The fourth-order valence-corrected chi connectivity index (χ4v) is 2.66. The molecule has 0 atom stereocenters. The van der Waals surface area contributed by atoms with E-state index in [2.05, 4.69) is 10.2 Å². The number of piperazine rings is 1. The zero-order chi connectivity index (χ0) is 17.9.